The van der Waals surface area contributed by atoms with E-state index in [-0.39, 0.29) is 0 Å². The number of amidine groups is 1. The summed E-state index contributed by atoms with van der Waals surface area (Å²) < 4.78 is 11.1. The molecule has 1 fully saturated rings. The quantitative estimate of drug-likeness (QED) is 0.312. The summed E-state index contributed by atoms with van der Waals surface area (Å²) in [6.45, 7) is 4.24. The average Bonchev–Trinajstić information content (AvgIpc) is 2.96. The van der Waals surface area contributed by atoms with Gasteiger partial charge in [-0.2, -0.15) is 0 Å². The Bertz CT molecular complexity index is 1130. The Kier molecular flexibility index (Phi) is 12.2. The lowest BCUT2D eigenvalue weighted by Crippen LogP contribution is -2.45. The number of unbranched alkanes of at least 4 members (excludes halogenated alkanes) is 1. The Balaban J connectivity index is 0.000000459. The van der Waals surface area contributed by atoms with Crippen molar-refractivity contribution in [2.75, 3.05) is 40.4 Å². The minimum absolute atomic E-state index is 0.558. The normalized spacial score (nSPS) is 15.5. The molecule has 0 saturated carbocycles. The Morgan fingerprint density at radius 1 is 1.05 bits per heavy atom. The molecule has 0 aliphatic carbocycles. The van der Waals surface area contributed by atoms with Crippen LogP contribution >= 0.6 is 11.8 Å². The van der Waals surface area contributed by atoms with Crippen molar-refractivity contribution >= 4 is 34.6 Å². The Hall–Kier alpha value is -3.50. The monoisotopic (exact) mass is 555 g/mol. The molecular formula is C29H37N3O6S. The van der Waals surface area contributed by atoms with Gasteiger partial charge in [-0.05, 0) is 56.0 Å². The van der Waals surface area contributed by atoms with E-state index in [0.717, 1.165) is 42.5 Å². The number of fused-ring (bicyclic) bond motifs is 1. The number of aliphatic imine (C=N–C) groups is 1. The molecule has 0 bridgehead atoms. The van der Waals surface area contributed by atoms with Gasteiger partial charge in [0.2, 0.25) is 0 Å². The van der Waals surface area contributed by atoms with Crippen LogP contribution in [-0.2, 0) is 15.3 Å². The molecule has 2 aromatic carbocycles. The first-order chi connectivity index (χ1) is 18.9. The van der Waals surface area contributed by atoms with Gasteiger partial charge < -0.3 is 29.5 Å². The van der Waals surface area contributed by atoms with Crippen LogP contribution in [0.2, 0.25) is 0 Å². The number of likely N-dealkylation sites (tertiary alicyclic amines) is 1. The number of hydrogen-bond donors (Lipinski definition) is 2. The number of rotatable bonds is 10. The van der Waals surface area contributed by atoms with Gasteiger partial charge >= 0.3 is 11.9 Å². The molecule has 0 atom stereocenters. The summed E-state index contributed by atoms with van der Waals surface area (Å²) in [7, 11) is 3.90. The number of carboxylic acids is 2. The molecule has 210 valence electrons. The van der Waals surface area contributed by atoms with E-state index < -0.39 is 11.9 Å². The maximum absolute atomic E-state index is 9.55. The van der Waals surface area contributed by atoms with Crippen LogP contribution in [0.3, 0.4) is 0 Å². The summed E-state index contributed by atoms with van der Waals surface area (Å²) in [5, 5.41) is 16.8. The highest BCUT2D eigenvalue weighted by molar-refractivity contribution is 8.13. The summed E-state index contributed by atoms with van der Waals surface area (Å²) in [6, 6.07) is 16.9. The first-order valence-corrected chi connectivity index (χ1v) is 14.0. The number of carbonyl (C=O) groups is 2. The zero-order valence-electron chi connectivity index (χ0n) is 22.5. The van der Waals surface area contributed by atoms with Crippen LogP contribution in [0.1, 0.15) is 31.2 Å². The van der Waals surface area contributed by atoms with Gasteiger partial charge in [0.15, 0.2) is 5.17 Å². The number of carboxylic acid groups (broad SMARTS) is 2. The van der Waals surface area contributed by atoms with Crippen molar-refractivity contribution in [1.82, 2.24) is 9.80 Å². The summed E-state index contributed by atoms with van der Waals surface area (Å²) in [6.07, 6.45) is 5.77. The van der Waals surface area contributed by atoms with Gasteiger partial charge in [0.25, 0.3) is 0 Å². The van der Waals surface area contributed by atoms with Gasteiger partial charge in [-0.15, -0.1) is 0 Å². The first kappa shape index (κ1) is 30.0. The van der Waals surface area contributed by atoms with Crippen LogP contribution in [0, 0.1) is 0 Å². The molecule has 4 rings (SSSR count). The van der Waals surface area contributed by atoms with Crippen molar-refractivity contribution in [2.24, 2.45) is 4.99 Å². The standard InChI is InChI=1S/C25H33N3O2S.C4H4O4/c1-27(25-26-24-11-4-3-8-20(24)19-31-25)21-12-15-28(16-13-21)14-5-6-17-30-23-10-7-9-22(18-23)29-2;5-3(6)1-2-4(7)8/h3-4,7-11,18,21H,5-6,12-17,19H2,1-2H3;1-2H,(H,5,6)(H,7,8). The van der Waals surface area contributed by atoms with Crippen LogP contribution in [0.15, 0.2) is 65.7 Å². The van der Waals surface area contributed by atoms with Crippen molar-refractivity contribution in [3.63, 3.8) is 0 Å². The minimum atomic E-state index is -1.26. The molecule has 0 radical (unpaired) electrons. The van der Waals surface area contributed by atoms with Gasteiger partial charge in [0.05, 0.1) is 19.4 Å². The molecular weight excluding hydrogens is 518 g/mol. The van der Waals surface area contributed by atoms with Crippen LogP contribution < -0.4 is 9.47 Å². The predicted molar refractivity (Wildman–Crippen MR) is 154 cm³/mol. The van der Waals surface area contributed by atoms with Gasteiger partial charge in [0, 0.05) is 50.2 Å². The third-order valence-electron chi connectivity index (χ3n) is 6.52. The molecule has 0 aromatic heterocycles. The summed E-state index contributed by atoms with van der Waals surface area (Å²) in [4.78, 5) is 29.0. The fourth-order valence-electron chi connectivity index (χ4n) is 4.35. The molecule has 0 amide bonds. The maximum atomic E-state index is 9.55. The Morgan fingerprint density at radius 3 is 2.44 bits per heavy atom. The fraction of sp³-hybridized carbons (Fsp3) is 0.414. The van der Waals surface area contributed by atoms with E-state index in [4.69, 9.17) is 24.7 Å². The topological polar surface area (TPSA) is 112 Å². The second kappa shape index (κ2) is 15.8. The van der Waals surface area contributed by atoms with E-state index in [2.05, 4.69) is 41.1 Å². The van der Waals surface area contributed by atoms with Crippen LogP contribution in [0.25, 0.3) is 0 Å². The number of nitrogens with zero attached hydrogens (tertiary/aromatic N) is 3. The van der Waals surface area contributed by atoms with E-state index >= 15 is 0 Å². The molecule has 39 heavy (non-hydrogen) atoms. The summed E-state index contributed by atoms with van der Waals surface area (Å²) >= 11 is 1.87. The van der Waals surface area contributed by atoms with Gasteiger partial charge in [-0.25, -0.2) is 14.6 Å². The number of thioether (sulfide) groups is 1. The van der Waals surface area contributed by atoms with E-state index in [9.17, 15) is 9.59 Å². The molecule has 0 spiro atoms. The lowest BCUT2D eigenvalue weighted by molar-refractivity contribution is -0.134. The van der Waals surface area contributed by atoms with Crippen molar-refractivity contribution < 1.29 is 29.3 Å². The largest absolute Gasteiger partial charge is 0.497 e. The summed E-state index contributed by atoms with van der Waals surface area (Å²) in [5.74, 6) is 0.233. The van der Waals surface area contributed by atoms with E-state index in [1.54, 1.807) is 7.11 Å². The lowest BCUT2D eigenvalue weighted by atomic mass is 10.0. The fourth-order valence-corrected chi connectivity index (χ4v) is 5.39. The number of para-hydroxylation sites is 1. The lowest BCUT2D eigenvalue weighted by Gasteiger charge is -2.38. The smallest absolute Gasteiger partial charge is 0.328 e. The van der Waals surface area contributed by atoms with Crippen molar-refractivity contribution in [2.45, 2.75) is 37.5 Å². The third-order valence-corrected chi connectivity index (χ3v) is 7.61. The maximum Gasteiger partial charge on any atom is 0.328 e. The highest BCUT2D eigenvalue weighted by Gasteiger charge is 2.26. The number of aliphatic carboxylic acids is 2. The van der Waals surface area contributed by atoms with E-state index in [1.165, 1.54) is 43.1 Å². The Morgan fingerprint density at radius 2 is 1.74 bits per heavy atom. The molecule has 2 aliphatic rings. The molecule has 2 aromatic rings. The highest BCUT2D eigenvalue weighted by Crippen LogP contribution is 2.33. The predicted octanol–water partition coefficient (Wildman–Crippen LogP) is 4.90. The molecule has 2 N–H and O–H groups in total. The van der Waals surface area contributed by atoms with Crippen LogP contribution in [0.5, 0.6) is 11.5 Å². The van der Waals surface area contributed by atoms with Crippen LogP contribution in [0.4, 0.5) is 5.69 Å². The van der Waals surface area contributed by atoms with Crippen molar-refractivity contribution in [3.05, 3.63) is 66.2 Å². The second-order valence-electron chi connectivity index (χ2n) is 9.24. The number of benzene rings is 2. The highest BCUT2D eigenvalue weighted by atomic mass is 32.2. The zero-order valence-corrected chi connectivity index (χ0v) is 23.3. The van der Waals surface area contributed by atoms with Gasteiger partial charge in [-0.3, -0.25) is 0 Å². The third kappa shape index (κ3) is 10.3. The van der Waals surface area contributed by atoms with Crippen molar-refractivity contribution in [1.29, 1.82) is 0 Å². The summed E-state index contributed by atoms with van der Waals surface area (Å²) in [5.41, 5.74) is 2.48. The van der Waals surface area contributed by atoms with Crippen molar-refractivity contribution in [3.8, 4) is 11.5 Å². The number of piperidine rings is 1. The van der Waals surface area contributed by atoms with Gasteiger partial charge in [-0.1, -0.05) is 36.0 Å². The average molecular weight is 556 g/mol. The van der Waals surface area contributed by atoms with E-state index in [0.29, 0.717) is 18.2 Å². The first-order valence-electron chi connectivity index (χ1n) is 13.0. The number of methoxy groups -OCH3 is 1. The molecule has 2 heterocycles. The SMILES string of the molecule is COc1cccc(OCCCCN2CCC(N(C)C3=Nc4ccccc4CS3)CC2)c1.O=C(O)C=CC(=O)O. The minimum Gasteiger partial charge on any atom is -0.497 e. The number of ether oxygens (including phenoxy) is 2. The van der Waals surface area contributed by atoms with E-state index in [1.807, 2.05) is 36.0 Å². The molecule has 1 saturated heterocycles. The Labute approximate surface area is 234 Å². The van der Waals surface area contributed by atoms with Crippen LogP contribution in [-0.4, -0.2) is 83.6 Å². The van der Waals surface area contributed by atoms with Gasteiger partial charge in [0.1, 0.15) is 11.5 Å². The molecule has 2 aliphatic heterocycles. The zero-order chi connectivity index (χ0) is 28.0. The number of hydrogen-bond acceptors (Lipinski definition) is 8. The second-order valence-corrected chi connectivity index (χ2v) is 10.2. The molecule has 0 unspecified atom stereocenters. The molecule has 10 heteroatoms. The molecule has 9 nitrogen and oxygen atoms in total.